The normalized spacial score (nSPS) is 25.6. The van der Waals surface area contributed by atoms with Crippen molar-refractivity contribution < 1.29 is 4.74 Å². The summed E-state index contributed by atoms with van der Waals surface area (Å²) in [7, 11) is 1.72. The molecule has 0 aliphatic carbocycles. The van der Waals surface area contributed by atoms with E-state index in [1.807, 2.05) is 12.1 Å². The highest BCUT2D eigenvalue weighted by molar-refractivity contribution is 9.10. The second kappa shape index (κ2) is 3.91. The standard InChI is InChI=1S/C11H14BrNO/c1-7-6-13-11(7)9-5-8(12)3-4-10(9)14-2/h3-5,7,11,13H,6H2,1-2H3. The summed E-state index contributed by atoms with van der Waals surface area (Å²) in [6.45, 7) is 3.35. The number of benzene rings is 1. The highest BCUT2D eigenvalue weighted by atomic mass is 79.9. The van der Waals surface area contributed by atoms with Gasteiger partial charge in [0.05, 0.1) is 7.11 Å². The fraction of sp³-hybridized carbons (Fsp3) is 0.455. The molecule has 2 atom stereocenters. The summed E-state index contributed by atoms with van der Waals surface area (Å²) in [5, 5.41) is 3.41. The lowest BCUT2D eigenvalue weighted by molar-refractivity contribution is 0.250. The van der Waals surface area contributed by atoms with Gasteiger partial charge in [-0.3, -0.25) is 0 Å². The summed E-state index contributed by atoms with van der Waals surface area (Å²) in [5.74, 6) is 1.66. The zero-order valence-electron chi connectivity index (χ0n) is 8.38. The molecule has 0 amide bonds. The number of hydrogen-bond acceptors (Lipinski definition) is 2. The summed E-state index contributed by atoms with van der Waals surface area (Å²) in [4.78, 5) is 0. The van der Waals surface area contributed by atoms with E-state index in [0.717, 1.165) is 16.8 Å². The van der Waals surface area contributed by atoms with Crippen molar-refractivity contribution in [2.45, 2.75) is 13.0 Å². The van der Waals surface area contributed by atoms with Crippen LogP contribution in [0, 0.1) is 5.92 Å². The van der Waals surface area contributed by atoms with Gasteiger partial charge in [0.2, 0.25) is 0 Å². The Morgan fingerprint density at radius 3 is 2.79 bits per heavy atom. The molecule has 0 bridgehead atoms. The van der Waals surface area contributed by atoms with Crippen LogP contribution in [0.5, 0.6) is 5.75 Å². The third-order valence-electron chi connectivity index (χ3n) is 2.76. The van der Waals surface area contributed by atoms with Crippen LogP contribution in [0.2, 0.25) is 0 Å². The summed E-state index contributed by atoms with van der Waals surface area (Å²) >= 11 is 3.48. The van der Waals surface area contributed by atoms with Gasteiger partial charge in [-0.1, -0.05) is 22.9 Å². The van der Waals surface area contributed by atoms with Gasteiger partial charge >= 0.3 is 0 Å². The van der Waals surface area contributed by atoms with Crippen molar-refractivity contribution in [1.82, 2.24) is 5.32 Å². The molecule has 1 aliphatic heterocycles. The maximum absolute atomic E-state index is 5.34. The molecule has 76 valence electrons. The van der Waals surface area contributed by atoms with Crippen molar-refractivity contribution in [3.8, 4) is 5.75 Å². The van der Waals surface area contributed by atoms with E-state index < -0.39 is 0 Å². The van der Waals surface area contributed by atoms with Crippen LogP contribution in [0.25, 0.3) is 0 Å². The summed E-state index contributed by atoms with van der Waals surface area (Å²) in [5.41, 5.74) is 1.25. The molecule has 0 radical (unpaired) electrons. The molecule has 1 aliphatic rings. The van der Waals surface area contributed by atoms with Crippen LogP contribution in [-0.2, 0) is 0 Å². The molecule has 2 unspecified atom stereocenters. The van der Waals surface area contributed by atoms with Crippen molar-refractivity contribution >= 4 is 15.9 Å². The molecule has 0 spiro atoms. The molecule has 1 heterocycles. The molecule has 0 aromatic heterocycles. The molecule has 1 fully saturated rings. The van der Waals surface area contributed by atoms with Crippen LogP contribution in [0.15, 0.2) is 22.7 Å². The van der Waals surface area contributed by atoms with Crippen LogP contribution in [0.1, 0.15) is 18.5 Å². The molecule has 2 rings (SSSR count). The summed E-state index contributed by atoms with van der Waals surface area (Å²) in [6.07, 6.45) is 0. The summed E-state index contributed by atoms with van der Waals surface area (Å²) in [6, 6.07) is 6.59. The fourth-order valence-electron chi connectivity index (χ4n) is 1.84. The second-order valence-electron chi connectivity index (χ2n) is 3.75. The monoisotopic (exact) mass is 255 g/mol. The van der Waals surface area contributed by atoms with Gasteiger partial charge < -0.3 is 10.1 Å². The first-order valence-corrected chi connectivity index (χ1v) is 5.58. The van der Waals surface area contributed by atoms with Gasteiger partial charge in [0.1, 0.15) is 5.75 Å². The van der Waals surface area contributed by atoms with Gasteiger partial charge in [-0.05, 0) is 24.1 Å². The first kappa shape index (κ1) is 9.99. The van der Waals surface area contributed by atoms with Crippen LogP contribution in [0.4, 0.5) is 0 Å². The second-order valence-corrected chi connectivity index (χ2v) is 4.67. The Morgan fingerprint density at radius 2 is 2.29 bits per heavy atom. The Hall–Kier alpha value is -0.540. The van der Waals surface area contributed by atoms with Crippen molar-refractivity contribution in [3.63, 3.8) is 0 Å². The zero-order valence-corrected chi connectivity index (χ0v) is 9.97. The maximum Gasteiger partial charge on any atom is 0.123 e. The predicted octanol–water partition coefficient (Wildman–Crippen LogP) is 2.74. The Kier molecular flexibility index (Phi) is 2.79. The van der Waals surface area contributed by atoms with Crippen molar-refractivity contribution in [2.24, 2.45) is 5.92 Å². The molecule has 3 heteroatoms. The highest BCUT2D eigenvalue weighted by Gasteiger charge is 2.29. The smallest absolute Gasteiger partial charge is 0.123 e. The van der Waals surface area contributed by atoms with Crippen LogP contribution in [0.3, 0.4) is 0 Å². The lowest BCUT2D eigenvalue weighted by atomic mass is 9.87. The maximum atomic E-state index is 5.34. The van der Waals surface area contributed by atoms with Crippen molar-refractivity contribution in [2.75, 3.05) is 13.7 Å². The van der Waals surface area contributed by atoms with Crippen molar-refractivity contribution in [1.29, 1.82) is 0 Å². The fourth-order valence-corrected chi connectivity index (χ4v) is 2.21. The molecule has 2 nitrogen and oxygen atoms in total. The number of hydrogen-bond donors (Lipinski definition) is 1. The molecule has 1 N–H and O–H groups in total. The number of halogens is 1. The van der Waals surface area contributed by atoms with E-state index in [2.05, 4.69) is 34.2 Å². The molecular formula is C11H14BrNO. The van der Waals surface area contributed by atoms with E-state index in [-0.39, 0.29) is 0 Å². The van der Waals surface area contributed by atoms with Crippen LogP contribution < -0.4 is 10.1 Å². The lowest BCUT2D eigenvalue weighted by Crippen LogP contribution is -2.44. The SMILES string of the molecule is COc1ccc(Br)cc1C1NCC1C. The topological polar surface area (TPSA) is 21.3 Å². The number of rotatable bonds is 2. The number of nitrogens with one attached hydrogen (secondary N) is 1. The van der Waals surface area contributed by atoms with E-state index in [4.69, 9.17) is 4.74 Å². The minimum absolute atomic E-state index is 0.447. The van der Waals surface area contributed by atoms with E-state index in [0.29, 0.717) is 12.0 Å². The zero-order chi connectivity index (χ0) is 10.1. The Labute approximate surface area is 92.8 Å². The van der Waals surface area contributed by atoms with Crippen LogP contribution >= 0.6 is 15.9 Å². The van der Waals surface area contributed by atoms with Gasteiger partial charge in [0.15, 0.2) is 0 Å². The van der Waals surface area contributed by atoms with Gasteiger partial charge in [-0.25, -0.2) is 0 Å². The number of ether oxygens (including phenoxy) is 1. The Balaban J connectivity index is 2.34. The van der Waals surface area contributed by atoms with E-state index in [1.54, 1.807) is 7.11 Å². The molecular weight excluding hydrogens is 242 g/mol. The molecule has 1 aromatic carbocycles. The Bertz CT molecular complexity index is 340. The minimum atomic E-state index is 0.447. The third-order valence-corrected chi connectivity index (χ3v) is 3.25. The quantitative estimate of drug-likeness (QED) is 0.878. The first-order chi connectivity index (χ1) is 6.72. The molecule has 14 heavy (non-hydrogen) atoms. The summed E-state index contributed by atoms with van der Waals surface area (Å²) < 4.78 is 6.45. The molecule has 1 aromatic rings. The molecule has 1 saturated heterocycles. The van der Waals surface area contributed by atoms with Gasteiger partial charge in [-0.15, -0.1) is 0 Å². The lowest BCUT2D eigenvalue weighted by Gasteiger charge is -2.36. The predicted molar refractivity (Wildman–Crippen MR) is 60.6 cm³/mol. The average Bonchev–Trinajstić information content (AvgIpc) is 2.16. The van der Waals surface area contributed by atoms with Gasteiger partial charge in [-0.2, -0.15) is 0 Å². The minimum Gasteiger partial charge on any atom is -0.496 e. The Morgan fingerprint density at radius 1 is 1.50 bits per heavy atom. The van der Waals surface area contributed by atoms with E-state index >= 15 is 0 Å². The third kappa shape index (κ3) is 1.66. The average molecular weight is 256 g/mol. The largest absolute Gasteiger partial charge is 0.496 e. The van der Waals surface area contributed by atoms with Crippen LogP contribution in [-0.4, -0.2) is 13.7 Å². The van der Waals surface area contributed by atoms with Crippen molar-refractivity contribution in [3.05, 3.63) is 28.2 Å². The first-order valence-electron chi connectivity index (χ1n) is 4.79. The highest BCUT2D eigenvalue weighted by Crippen LogP contribution is 2.36. The number of methoxy groups -OCH3 is 1. The van der Waals surface area contributed by atoms with Gasteiger partial charge in [0.25, 0.3) is 0 Å². The van der Waals surface area contributed by atoms with Gasteiger partial charge in [0, 0.05) is 22.6 Å². The van der Waals surface area contributed by atoms with E-state index in [9.17, 15) is 0 Å². The van der Waals surface area contributed by atoms with E-state index in [1.165, 1.54) is 5.56 Å². The molecule has 0 saturated carbocycles.